The maximum atomic E-state index is 14.2. The molecule has 2 aromatic rings. The first-order valence-corrected chi connectivity index (χ1v) is 9.42. The van der Waals surface area contributed by atoms with E-state index in [-0.39, 0.29) is 12.0 Å². The smallest absolute Gasteiger partial charge is 0.220 e. The second kappa shape index (κ2) is 6.11. The molecular formula is C21H22FN3O2. The predicted molar refractivity (Wildman–Crippen MR) is 99.7 cm³/mol. The molecule has 2 aliphatic carbocycles. The van der Waals surface area contributed by atoms with Gasteiger partial charge in [0, 0.05) is 17.8 Å². The van der Waals surface area contributed by atoms with Gasteiger partial charge >= 0.3 is 0 Å². The highest BCUT2D eigenvalue weighted by atomic mass is 19.1. The Morgan fingerprint density at radius 1 is 1.26 bits per heavy atom. The molecular weight excluding hydrogens is 345 g/mol. The van der Waals surface area contributed by atoms with Gasteiger partial charge in [-0.25, -0.2) is 9.98 Å². The Bertz CT molecular complexity index is 918. The monoisotopic (exact) mass is 367 g/mol. The van der Waals surface area contributed by atoms with Crippen molar-refractivity contribution in [2.45, 2.75) is 36.9 Å². The lowest BCUT2D eigenvalue weighted by molar-refractivity contribution is 0.00560. The van der Waals surface area contributed by atoms with Crippen molar-refractivity contribution in [3.05, 3.63) is 53.6 Å². The first-order chi connectivity index (χ1) is 13.1. The molecule has 5 nitrogen and oxygen atoms in total. The average molecular weight is 367 g/mol. The molecule has 1 aromatic carbocycles. The van der Waals surface area contributed by atoms with Crippen molar-refractivity contribution >= 4 is 6.40 Å². The van der Waals surface area contributed by atoms with Crippen LogP contribution in [0.15, 0.2) is 41.5 Å². The summed E-state index contributed by atoms with van der Waals surface area (Å²) in [6, 6.07) is 9.26. The van der Waals surface area contributed by atoms with Crippen LogP contribution >= 0.6 is 0 Å². The standard InChI is InChI=1S/C21H22FN3O2/c22-20-15(2-1-5-24-20)12-3-4-13-6-14-8-19(26)18(23)9-17(14)21(16(13)7-12)10-27-11-25-21/h1-5,7,11,14,17-19,26H,6,8-10,23H2/t14-,17-,18?,19+,21-/m1/s1. The quantitative estimate of drug-likeness (QED) is 0.759. The third kappa shape index (κ3) is 2.51. The van der Waals surface area contributed by atoms with Crippen molar-refractivity contribution in [1.82, 2.24) is 4.98 Å². The van der Waals surface area contributed by atoms with Gasteiger partial charge in [0.15, 0.2) is 6.40 Å². The number of aromatic nitrogens is 1. The number of halogens is 1. The van der Waals surface area contributed by atoms with Crippen LogP contribution in [0.4, 0.5) is 4.39 Å². The molecule has 140 valence electrons. The molecule has 1 spiro atoms. The molecule has 5 rings (SSSR count). The molecule has 0 saturated heterocycles. The summed E-state index contributed by atoms with van der Waals surface area (Å²) in [6.45, 7) is 0.461. The molecule has 2 heterocycles. The third-order valence-electron chi connectivity index (χ3n) is 6.54. The van der Waals surface area contributed by atoms with Crippen molar-refractivity contribution < 1.29 is 14.2 Å². The fourth-order valence-corrected chi connectivity index (χ4v) is 5.19. The van der Waals surface area contributed by atoms with Gasteiger partial charge in [0.05, 0.1) is 6.10 Å². The molecule has 1 aromatic heterocycles. The van der Waals surface area contributed by atoms with Gasteiger partial charge in [0.25, 0.3) is 0 Å². The maximum Gasteiger partial charge on any atom is 0.220 e. The lowest BCUT2D eigenvalue weighted by Crippen LogP contribution is -2.54. The van der Waals surface area contributed by atoms with Gasteiger partial charge in [-0.05, 0) is 66.0 Å². The summed E-state index contributed by atoms with van der Waals surface area (Å²) in [5, 5.41) is 10.3. The number of pyridine rings is 1. The van der Waals surface area contributed by atoms with E-state index < -0.39 is 17.6 Å². The molecule has 1 fully saturated rings. The van der Waals surface area contributed by atoms with Crippen molar-refractivity contribution in [3.8, 4) is 11.1 Å². The van der Waals surface area contributed by atoms with Crippen LogP contribution in [0.2, 0.25) is 0 Å². The third-order valence-corrected chi connectivity index (χ3v) is 6.54. The van der Waals surface area contributed by atoms with Crippen LogP contribution < -0.4 is 5.73 Å². The van der Waals surface area contributed by atoms with E-state index in [0.29, 0.717) is 30.9 Å². The van der Waals surface area contributed by atoms with Gasteiger partial charge in [-0.15, -0.1) is 0 Å². The van der Waals surface area contributed by atoms with E-state index in [4.69, 9.17) is 15.5 Å². The largest absolute Gasteiger partial charge is 0.481 e. The second-order valence-corrected chi connectivity index (χ2v) is 7.96. The number of aliphatic hydroxyl groups is 1. The second-order valence-electron chi connectivity index (χ2n) is 7.96. The van der Waals surface area contributed by atoms with E-state index in [1.54, 1.807) is 12.1 Å². The van der Waals surface area contributed by atoms with Crippen LogP contribution in [0.5, 0.6) is 0 Å². The summed E-state index contributed by atoms with van der Waals surface area (Å²) in [6.07, 6.45) is 4.77. The zero-order valence-corrected chi connectivity index (χ0v) is 14.9. The topological polar surface area (TPSA) is 80.7 Å². The summed E-state index contributed by atoms with van der Waals surface area (Å²) < 4.78 is 19.8. The number of nitrogens with zero attached hydrogens (tertiary/aromatic N) is 2. The number of rotatable bonds is 1. The van der Waals surface area contributed by atoms with E-state index in [1.807, 2.05) is 12.1 Å². The number of hydrogen-bond donors (Lipinski definition) is 2. The summed E-state index contributed by atoms with van der Waals surface area (Å²) >= 11 is 0. The zero-order valence-electron chi connectivity index (χ0n) is 14.9. The van der Waals surface area contributed by atoms with Gasteiger partial charge in [-0.1, -0.05) is 12.1 Å². The minimum absolute atomic E-state index is 0.205. The van der Waals surface area contributed by atoms with E-state index in [0.717, 1.165) is 17.5 Å². The van der Waals surface area contributed by atoms with Gasteiger partial charge in [0.1, 0.15) is 12.1 Å². The molecule has 3 N–H and O–H groups in total. The highest BCUT2D eigenvalue weighted by molar-refractivity contribution is 5.66. The lowest BCUT2D eigenvalue weighted by Gasteiger charge is -2.49. The van der Waals surface area contributed by atoms with Crippen molar-refractivity contribution in [1.29, 1.82) is 0 Å². The van der Waals surface area contributed by atoms with Gasteiger partial charge in [-0.3, -0.25) is 0 Å². The van der Waals surface area contributed by atoms with E-state index in [2.05, 4.69) is 11.1 Å². The minimum Gasteiger partial charge on any atom is -0.481 e. The van der Waals surface area contributed by atoms with Crippen molar-refractivity contribution in [2.75, 3.05) is 6.61 Å². The molecule has 1 saturated carbocycles. The van der Waals surface area contributed by atoms with Gasteiger partial charge in [0.2, 0.25) is 5.95 Å². The number of aliphatic hydroxyl groups excluding tert-OH is 1. The molecule has 0 bridgehead atoms. The minimum atomic E-state index is -0.509. The van der Waals surface area contributed by atoms with E-state index >= 15 is 0 Å². The number of fused-ring (bicyclic) bond motifs is 4. The molecule has 3 aliphatic rings. The summed E-state index contributed by atoms with van der Waals surface area (Å²) in [5.74, 6) is 0.0393. The van der Waals surface area contributed by atoms with Crippen LogP contribution in [-0.2, 0) is 16.7 Å². The molecule has 0 radical (unpaired) electrons. The average Bonchev–Trinajstić information content (AvgIpc) is 3.15. The lowest BCUT2D eigenvalue weighted by atomic mass is 9.58. The van der Waals surface area contributed by atoms with Crippen LogP contribution in [0.3, 0.4) is 0 Å². The summed E-state index contributed by atoms with van der Waals surface area (Å²) in [7, 11) is 0. The highest BCUT2D eigenvalue weighted by Gasteiger charge is 2.53. The summed E-state index contributed by atoms with van der Waals surface area (Å²) in [4.78, 5) is 8.55. The Kier molecular flexibility index (Phi) is 3.81. The Morgan fingerprint density at radius 2 is 2.15 bits per heavy atom. The van der Waals surface area contributed by atoms with Crippen LogP contribution in [-0.4, -0.2) is 35.2 Å². The first-order valence-electron chi connectivity index (χ1n) is 9.42. The summed E-state index contributed by atoms with van der Waals surface area (Å²) in [5.41, 5.74) is 9.24. The number of nitrogens with two attached hydrogens (primary N) is 1. The molecule has 1 aliphatic heterocycles. The number of aliphatic imine (C=N–C) groups is 1. The predicted octanol–water partition coefficient (Wildman–Crippen LogP) is 2.41. The number of hydrogen-bond acceptors (Lipinski definition) is 5. The first kappa shape index (κ1) is 16.8. The molecule has 1 unspecified atom stereocenters. The Balaban J connectivity index is 1.65. The fraction of sp³-hybridized carbons (Fsp3) is 0.429. The van der Waals surface area contributed by atoms with Gasteiger partial charge < -0.3 is 15.6 Å². The Hall–Kier alpha value is -2.31. The Morgan fingerprint density at radius 3 is 2.93 bits per heavy atom. The molecule has 6 heteroatoms. The number of benzene rings is 1. The Labute approximate surface area is 157 Å². The maximum absolute atomic E-state index is 14.2. The van der Waals surface area contributed by atoms with Crippen LogP contribution in [0, 0.1) is 17.8 Å². The fourth-order valence-electron chi connectivity index (χ4n) is 5.19. The molecule has 5 atom stereocenters. The number of ether oxygens (including phenoxy) is 1. The highest BCUT2D eigenvalue weighted by Crippen LogP contribution is 2.53. The SMILES string of the molecule is NC1C[C@@H]2[C@H](Cc3ccc(-c4cccnc4F)cc3[C@]23COC=N3)C[C@@H]1O. The van der Waals surface area contributed by atoms with Crippen molar-refractivity contribution in [3.63, 3.8) is 0 Å². The van der Waals surface area contributed by atoms with Crippen LogP contribution in [0.25, 0.3) is 11.1 Å². The van der Waals surface area contributed by atoms with Crippen molar-refractivity contribution in [2.24, 2.45) is 22.6 Å². The normalized spacial score (nSPS) is 34.2. The van der Waals surface area contributed by atoms with E-state index in [1.165, 1.54) is 18.2 Å². The molecule has 27 heavy (non-hydrogen) atoms. The van der Waals surface area contributed by atoms with Crippen LogP contribution in [0.1, 0.15) is 24.0 Å². The molecule has 0 amide bonds. The zero-order chi connectivity index (χ0) is 18.6. The van der Waals surface area contributed by atoms with E-state index in [9.17, 15) is 9.50 Å². The van der Waals surface area contributed by atoms with Gasteiger partial charge in [-0.2, -0.15) is 4.39 Å².